The van der Waals surface area contributed by atoms with E-state index in [-0.39, 0.29) is 15.8 Å². The van der Waals surface area contributed by atoms with Crippen molar-refractivity contribution in [2.45, 2.75) is 25.8 Å². The van der Waals surface area contributed by atoms with E-state index in [1.54, 1.807) is 11.3 Å². The number of hydrogen-bond donors (Lipinski definition) is 1. The summed E-state index contributed by atoms with van der Waals surface area (Å²) in [6.07, 6.45) is 3.43. The molecule has 0 aliphatic heterocycles. The quantitative estimate of drug-likeness (QED) is 0.628. The first kappa shape index (κ1) is 14.5. The number of anilines is 1. The fourth-order valence-corrected chi connectivity index (χ4v) is 4.02. The Morgan fingerprint density at radius 3 is 2.90 bits per heavy atom. The monoisotopic (exact) mass is 370 g/mol. The molecule has 1 aliphatic carbocycles. The van der Waals surface area contributed by atoms with E-state index in [0.29, 0.717) is 6.54 Å². The number of thiophene rings is 1. The predicted octanol–water partition coefficient (Wildman–Crippen LogP) is 4.66. The molecule has 0 saturated carbocycles. The second kappa shape index (κ2) is 5.73. The zero-order valence-corrected chi connectivity index (χ0v) is 13.4. The SMILES string of the molecule is O=[N+]([O-])c1cc(Br)c(F)cc1NCc1cc2c(s1)CCC2. The third kappa shape index (κ3) is 2.94. The van der Waals surface area contributed by atoms with Gasteiger partial charge in [0.2, 0.25) is 0 Å². The van der Waals surface area contributed by atoms with Crippen LogP contribution in [-0.2, 0) is 19.4 Å². The van der Waals surface area contributed by atoms with Gasteiger partial charge in [0.25, 0.3) is 5.69 Å². The van der Waals surface area contributed by atoms with E-state index in [2.05, 4.69) is 27.3 Å². The smallest absolute Gasteiger partial charge is 0.293 e. The highest BCUT2D eigenvalue weighted by Gasteiger charge is 2.19. The fraction of sp³-hybridized carbons (Fsp3) is 0.286. The van der Waals surface area contributed by atoms with Gasteiger partial charge in [-0.05, 0) is 46.8 Å². The van der Waals surface area contributed by atoms with Crippen molar-refractivity contribution < 1.29 is 9.31 Å². The van der Waals surface area contributed by atoms with Gasteiger partial charge in [-0.3, -0.25) is 10.1 Å². The maximum absolute atomic E-state index is 13.6. The van der Waals surface area contributed by atoms with Crippen LogP contribution in [0.1, 0.15) is 21.7 Å². The molecular weight excluding hydrogens is 359 g/mol. The summed E-state index contributed by atoms with van der Waals surface area (Å²) in [6, 6.07) is 4.48. The molecule has 0 atom stereocenters. The van der Waals surface area contributed by atoms with E-state index in [1.807, 2.05) is 0 Å². The van der Waals surface area contributed by atoms with Crippen molar-refractivity contribution >= 4 is 38.6 Å². The van der Waals surface area contributed by atoms with E-state index >= 15 is 0 Å². The predicted molar refractivity (Wildman–Crippen MR) is 84.4 cm³/mol. The number of aryl methyl sites for hydroxylation is 2. The minimum Gasteiger partial charge on any atom is -0.375 e. The molecule has 0 spiro atoms. The molecule has 0 fully saturated rings. The summed E-state index contributed by atoms with van der Waals surface area (Å²) in [5.41, 5.74) is 1.45. The van der Waals surface area contributed by atoms with Crippen molar-refractivity contribution in [3.63, 3.8) is 0 Å². The Balaban J connectivity index is 1.80. The van der Waals surface area contributed by atoms with Gasteiger partial charge in [0.1, 0.15) is 11.5 Å². The van der Waals surface area contributed by atoms with Crippen molar-refractivity contribution in [3.05, 3.63) is 53.9 Å². The van der Waals surface area contributed by atoms with Gasteiger partial charge in [0.05, 0.1) is 9.40 Å². The summed E-state index contributed by atoms with van der Waals surface area (Å²) in [7, 11) is 0. The van der Waals surface area contributed by atoms with Gasteiger partial charge in [-0.15, -0.1) is 11.3 Å². The van der Waals surface area contributed by atoms with Crippen LogP contribution in [0.15, 0.2) is 22.7 Å². The lowest BCUT2D eigenvalue weighted by Gasteiger charge is -2.07. The van der Waals surface area contributed by atoms with E-state index in [4.69, 9.17) is 0 Å². The summed E-state index contributed by atoms with van der Waals surface area (Å²) in [6.45, 7) is 0.472. The molecule has 0 amide bonds. The van der Waals surface area contributed by atoms with Crippen molar-refractivity contribution in [2.24, 2.45) is 0 Å². The highest BCUT2D eigenvalue weighted by molar-refractivity contribution is 9.10. The number of nitro groups is 1. The Morgan fingerprint density at radius 2 is 2.19 bits per heavy atom. The molecule has 1 heterocycles. The van der Waals surface area contributed by atoms with E-state index in [1.165, 1.54) is 22.9 Å². The summed E-state index contributed by atoms with van der Waals surface area (Å²) < 4.78 is 13.7. The Hall–Kier alpha value is -1.47. The van der Waals surface area contributed by atoms with Crippen LogP contribution in [0, 0.1) is 15.9 Å². The van der Waals surface area contributed by atoms with Gasteiger partial charge >= 0.3 is 0 Å². The molecule has 0 bridgehead atoms. The Morgan fingerprint density at radius 1 is 1.38 bits per heavy atom. The zero-order valence-electron chi connectivity index (χ0n) is 11.0. The molecule has 1 aromatic carbocycles. The molecule has 7 heteroatoms. The molecule has 1 aromatic heterocycles. The summed E-state index contributed by atoms with van der Waals surface area (Å²) >= 11 is 4.70. The molecule has 0 unspecified atom stereocenters. The van der Waals surface area contributed by atoms with Crippen molar-refractivity contribution in [3.8, 4) is 0 Å². The number of nitrogens with zero attached hydrogens (tertiary/aromatic N) is 1. The Labute approximate surface area is 133 Å². The summed E-state index contributed by atoms with van der Waals surface area (Å²) in [5, 5.41) is 14.0. The third-order valence-electron chi connectivity index (χ3n) is 3.49. The molecule has 21 heavy (non-hydrogen) atoms. The lowest BCUT2D eigenvalue weighted by molar-refractivity contribution is -0.384. The van der Waals surface area contributed by atoms with Crippen LogP contribution in [0.25, 0.3) is 0 Å². The van der Waals surface area contributed by atoms with Crippen LogP contribution < -0.4 is 5.32 Å². The van der Waals surface area contributed by atoms with Crippen LogP contribution in [-0.4, -0.2) is 4.92 Å². The second-order valence-electron chi connectivity index (χ2n) is 4.91. The van der Waals surface area contributed by atoms with Gasteiger partial charge in [-0.25, -0.2) is 4.39 Å². The van der Waals surface area contributed by atoms with Crippen LogP contribution in [0.4, 0.5) is 15.8 Å². The normalized spacial score (nSPS) is 13.2. The first-order valence-electron chi connectivity index (χ1n) is 6.52. The molecular formula is C14H12BrFN2O2S. The lowest BCUT2D eigenvalue weighted by Crippen LogP contribution is -2.02. The number of nitro benzene ring substituents is 1. The number of benzene rings is 1. The van der Waals surface area contributed by atoms with E-state index in [0.717, 1.165) is 23.8 Å². The van der Waals surface area contributed by atoms with E-state index < -0.39 is 10.7 Å². The number of fused-ring (bicyclic) bond motifs is 1. The highest BCUT2D eigenvalue weighted by Crippen LogP contribution is 2.33. The summed E-state index contributed by atoms with van der Waals surface area (Å²) in [4.78, 5) is 13.1. The number of hydrogen-bond acceptors (Lipinski definition) is 4. The van der Waals surface area contributed by atoms with Crippen molar-refractivity contribution in [2.75, 3.05) is 5.32 Å². The number of nitrogens with one attached hydrogen (secondary N) is 1. The maximum Gasteiger partial charge on any atom is 0.293 e. The topological polar surface area (TPSA) is 55.2 Å². The number of halogens is 2. The van der Waals surface area contributed by atoms with Gasteiger partial charge in [0.15, 0.2) is 0 Å². The average Bonchev–Trinajstić information content (AvgIpc) is 3.00. The Bertz CT molecular complexity index is 696. The highest BCUT2D eigenvalue weighted by atomic mass is 79.9. The van der Waals surface area contributed by atoms with Crippen LogP contribution >= 0.6 is 27.3 Å². The van der Waals surface area contributed by atoms with Gasteiger partial charge in [0, 0.05) is 28.4 Å². The molecule has 1 N–H and O–H groups in total. The van der Waals surface area contributed by atoms with Crippen molar-refractivity contribution in [1.29, 1.82) is 0 Å². The summed E-state index contributed by atoms with van der Waals surface area (Å²) in [5.74, 6) is -0.517. The largest absolute Gasteiger partial charge is 0.375 e. The Kier molecular flexibility index (Phi) is 3.95. The minimum atomic E-state index is -0.517. The number of rotatable bonds is 4. The molecule has 2 aromatic rings. The molecule has 3 rings (SSSR count). The molecule has 110 valence electrons. The van der Waals surface area contributed by atoms with Gasteiger partial charge in [-0.2, -0.15) is 0 Å². The van der Waals surface area contributed by atoms with Crippen LogP contribution in [0.2, 0.25) is 0 Å². The average molecular weight is 371 g/mol. The van der Waals surface area contributed by atoms with Crippen LogP contribution in [0.3, 0.4) is 0 Å². The zero-order chi connectivity index (χ0) is 15.0. The fourth-order valence-electron chi connectivity index (χ4n) is 2.49. The lowest BCUT2D eigenvalue weighted by atomic mass is 10.2. The van der Waals surface area contributed by atoms with Gasteiger partial charge in [-0.1, -0.05) is 0 Å². The van der Waals surface area contributed by atoms with Gasteiger partial charge < -0.3 is 5.32 Å². The van der Waals surface area contributed by atoms with Crippen LogP contribution in [0.5, 0.6) is 0 Å². The molecule has 0 radical (unpaired) electrons. The standard InChI is InChI=1S/C14H12BrFN2O2S/c15-10-5-13(18(19)20)12(6-11(10)16)17-7-9-4-8-2-1-3-14(8)21-9/h4-6,17H,1-3,7H2. The van der Waals surface area contributed by atoms with Crippen molar-refractivity contribution in [1.82, 2.24) is 0 Å². The van der Waals surface area contributed by atoms with E-state index in [9.17, 15) is 14.5 Å². The second-order valence-corrected chi connectivity index (χ2v) is 6.98. The minimum absolute atomic E-state index is 0.0925. The molecule has 1 aliphatic rings. The third-order valence-corrected chi connectivity index (χ3v) is 5.33. The molecule has 0 saturated heterocycles. The maximum atomic E-state index is 13.6. The first-order valence-corrected chi connectivity index (χ1v) is 8.13. The molecule has 4 nitrogen and oxygen atoms in total. The first-order chi connectivity index (χ1) is 10.0.